The van der Waals surface area contributed by atoms with Crippen molar-refractivity contribution in [3.05, 3.63) is 5.82 Å². The van der Waals surface area contributed by atoms with Crippen molar-refractivity contribution in [2.24, 2.45) is 18.5 Å². The lowest BCUT2D eigenvalue weighted by atomic mass is 10.2. The second-order valence-electron chi connectivity index (χ2n) is 2.41. The quantitative estimate of drug-likeness (QED) is 0.549. The van der Waals surface area contributed by atoms with Gasteiger partial charge in [0, 0.05) is 6.42 Å². The predicted molar refractivity (Wildman–Crippen MR) is 39.5 cm³/mol. The van der Waals surface area contributed by atoms with Gasteiger partial charge in [0.05, 0.1) is 13.1 Å². The number of aromatic nitrogens is 4. The summed E-state index contributed by atoms with van der Waals surface area (Å²) in [6.45, 7) is 0. The van der Waals surface area contributed by atoms with E-state index in [1.54, 1.807) is 7.05 Å². The number of primary amides is 1. The molecule has 0 radical (unpaired) electrons. The summed E-state index contributed by atoms with van der Waals surface area (Å²) in [5.74, 6) is -0.147. The predicted octanol–water partition coefficient (Wildman–Crippen LogP) is -1.91. The number of amides is 1. The molecule has 1 rings (SSSR count). The lowest BCUT2D eigenvalue weighted by Crippen LogP contribution is -2.21. The first kappa shape index (κ1) is 8.60. The zero-order chi connectivity index (χ0) is 9.14. The number of nitrogens with two attached hydrogens (primary N) is 2. The molecule has 1 aromatic rings. The van der Waals surface area contributed by atoms with Crippen molar-refractivity contribution in [2.45, 2.75) is 12.5 Å². The summed E-state index contributed by atoms with van der Waals surface area (Å²) in [6.07, 6.45) is 0.0334. The Morgan fingerprint density at radius 1 is 1.75 bits per heavy atom. The molecule has 1 amide bonds. The van der Waals surface area contributed by atoms with E-state index in [4.69, 9.17) is 11.5 Å². The maximum absolute atomic E-state index is 10.4. The van der Waals surface area contributed by atoms with E-state index < -0.39 is 11.9 Å². The van der Waals surface area contributed by atoms with Gasteiger partial charge in [-0.1, -0.05) is 0 Å². The Morgan fingerprint density at radius 2 is 2.42 bits per heavy atom. The van der Waals surface area contributed by atoms with Gasteiger partial charge >= 0.3 is 0 Å². The van der Waals surface area contributed by atoms with Crippen LogP contribution in [0.4, 0.5) is 0 Å². The van der Waals surface area contributed by atoms with Crippen molar-refractivity contribution in [3.8, 4) is 0 Å². The number of hydrogen-bond donors (Lipinski definition) is 2. The summed E-state index contributed by atoms with van der Waals surface area (Å²) < 4.78 is 0. The molecule has 0 spiro atoms. The van der Waals surface area contributed by atoms with Crippen LogP contribution in [0, 0.1) is 0 Å². The van der Waals surface area contributed by atoms with Gasteiger partial charge in [0.25, 0.3) is 0 Å². The van der Waals surface area contributed by atoms with Crippen LogP contribution in [0.1, 0.15) is 18.3 Å². The van der Waals surface area contributed by atoms with Crippen LogP contribution in [0.3, 0.4) is 0 Å². The third-order valence-corrected chi connectivity index (χ3v) is 1.28. The normalized spacial score (nSPS) is 12.8. The fraction of sp³-hybridized carbons (Fsp3) is 0.600. The smallest absolute Gasteiger partial charge is 0.219 e. The van der Waals surface area contributed by atoms with Gasteiger partial charge in [-0.15, -0.1) is 10.2 Å². The van der Waals surface area contributed by atoms with E-state index in [-0.39, 0.29) is 6.42 Å². The minimum atomic E-state index is -0.559. The minimum Gasteiger partial charge on any atom is -0.370 e. The van der Waals surface area contributed by atoms with Crippen molar-refractivity contribution in [3.63, 3.8) is 0 Å². The molecule has 0 saturated carbocycles. The highest BCUT2D eigenvalue weighted by molar-refractivity contribution is 5.74. The molecule has 0 aliphatic rings. The van der Waals surface area contributed by atoms with Crippen LogP contribution in [-0.2, 0) is 11.8 Å². The van der Waals surface area contributed by atoms with Gasteiger partial charge in [-0.3, -0.25) is 4.79 Å². The molecular weight excluding hydrogens is 160 g/mol. The van der Waals surface area contributed by atoms with E-state index in [2.05, 4.69) is 15.4 Å². The number of aryl methyl sites for hydroxylation is 1. The monoisotopic (exact) mass is 170 g/mol. The van der Waals surface area contributed by atoms with Crippen LogP contribution in [-0.4, -0.2) is 26.1 Å². The van der Waals surface area contributed by atoms with Crippen LogP contribution in [0.5, 0.6) is 0 Å². The first-order valence-corrected chi connectivity index (χ1v) is 3.37. The van der Waals surface area contributed by atoms with Gasteiger partial charge in [0.1, 0.15) is 0 Å². The van der Waals surface area contributed by atoms with Gasteiger partial charge in [0.2, 0.25) is 5.91 Å². The topological polar surface area (TPSA) is 113 Å². The molecule has 1 aromatic heterocycles. The van der Waals surface area contributed by atoms with E-state index >= 15 is 0 Å². The Hall–Kier alpha value is -1.50. The molecule has 0 unspecified atom stereocenters. The molecule has 1 atom stereocenters. The second kappa shape index (κ2) is 3.26. The molecule has 0 fully saturated rings. The second-order valence-corrected chi connectivity index (χ2v) is 2.41. The zero-order valence-corrected chi connectivity index (χ0v) is 6.64. The molecule has 66 valence electrons. The van der Waals surface area contributed by atoms with Crippen molar-refractivity contribution < 1.29 is 4.79 Å². The van der Waals surface area contributed by atoms with Gasteiger partial charge in [-0.25, -0.2) is 0 Å². The van der Waals surface area contributed by atoms with E-state index in [1.165, 1.54) is 4.80 Å². The zero-order valence-electron chi connectivity index (χ0n) is 6.64. The maximum Gasteiger partial charge on any atom is 0.219 e. The summed E-state index contributed by atoms with van der Waals surface area (Å²) in [7, 11) is 1.62. The van der Waals surface area contributed by atoms with Crippen molar-refractivity contribution >= 4 is 5.91 Å². The van der Waals surface area contributed by atoms with Crippen molar-refractivity contribution in [2.75, 3.05) is 0 Å². The molecule has 0 bridgehead atoms. The van der Waals surface area contributed by atoms with Gasteiger partial charge in [-0.2, -0.15) is 4.80 Å². The van der Waals surface area contributed by atoms with Crippen LogP contribution < -0.4 is 11.5 Å². The minimum absolute atomic E-state index is 0.0334. The van der Waals surface area contributed by atoms with E-state index in [1.807, 2.05) is 0 Å². The van der Waals surface area contributed by atoms with Gasteiger partial charge in [-0.05, 0) is 5.21 Å². The maximum atomic E-state index is 10.4. The molecule has 7 nitrogen and oxygen atoms in total. The van der Waals surface area contributed by atoms with Crippen molar-refractivity contribution in [1.82, 2.24) is 20.2 Å². The van der Waals surface area contributed by atoms with E-state index in [0.29, 0.717) is 5.82 Å². The fourth-order valence-corrected chi connectivity index (χ4v) is 0.755. The first-order valence-electron chi connectivity index (χ1n) is 3.37. The standard InChI is InChI=1S/C5H10N6O/c1-11-9-5(8-10-11)3(6)2-4(7)12/h3H,2,6H2,1H3,(H2,7,12)/t3-/m1/s1. The highest BCUT2D eigenvalue weighted by Crippen LogP contribution is 2.05. The largest absolute Gasteiger partial charge is 0.370 e. The average molecular weight is 170 g/mol. The summed E-state index contributed by atoms with van der Waals surface area (Å²) >= 11 is 0. The lowest BCUT2D eigenvalue weighted by molar-refractivity contribution is -0.118. The lowest BCUT2D eigenvalue weighted by Gasteiger charge is -2.01. The molecular formula is C5H10N6O. The Kier molecular flexibility index (Phi) is 2.34. The Balaban J connectivity index is 2.64. The summed E-state index contributed by atoms with van der Waals surface area (Å²) in [5.41, 5.74) is 10.5. The summed E-state index contributed by atoms with van der Waals surface area (Å²) in [4.78, 5) is 11.7. The number of carbonyl (C=O) groups is 1. The molecule has 4 N–H and O–H groups in total. The molecule has 12 heavy (non-hydrogen) atoms. The fourth-order valence-electron chi connectivity index (χ4n) is 0.755. The van der Waals surface area contributed by atoms with Crippen molar-refractivity contribution in [1.29, 1.82) is 0 Å². The van der Waals surface area contributed by atoms with Crippen LogP contribution in [0.2, 0.25) is 0 Å². The highest BCUT2D eigenvalue weighted by atomic mass is 16.1. The van der Waals surface area contributed by atoms with E-state index in [0.717, 1.165) is 0 Å². The van der Waals surface area contributed by atoms with Crippen LogP contribution in [0.15, 0.2) is 0 Å². The number of rotatable bonds is 3. The Morgan fingerprint density at radius 3 is 2.83 bits per heavy atom. The molecule has 0 saturated heterocycles. The number of tetrazole rings is 1. The average Bonchev–Trinajstić information content (AvgIpc) is 2.34. The number of carbonyl (C=O) groups excluding carboxylic acids is 1. The Bertz CT molecular complexity index is 281. The molecule has 0 aliphatic carbocycles. The number of hydrogen-bond acceptors (Lipinski definition) is 5. The Labute approximate surface area is 68.7 Å². The number of nitrogens with zero attached hydrogens (tertiary/aromatic N) is 4. The SMILES string of the molecule is Cn1nnc([C@H](N)CC(N)=O)n1. The summed E-state index contributed by atoms with van der Waals surface area (Å²) in [5, 5.41) is 11.0. The molecule has 0 aromatic carbocycles. The highest BCUT2D eigenvalue weighted by Gasteiger charge is 2.13. The molecule has 7 heteroatoms. The summed E-state index contributed by atoms with van der Waals surface area (Å²) in [6, 6.07) is -0.559. The third-order valence-electron chi connectivity index (χ3n) is 1.28. The van der Waals surface area contributed by atoms with Crippen LogP contribution in [0.25, 0.3) is 0 Å². The first-order chi connectivity index (χ1) is 5.59. The van der Waals surface area contributed by atoms with Crippen LogP contribution >= 0.6 is 0 Å². The molecule has 0 aliphatic heterocycles. The van der Waals surface area contributed by atoms with Gasteiger partial charge in [0.15, 0.2) is 5.82 Å². The van der Waals surface area contributed by atoms with Gasteiger partial charge < -0.3 is 11.5 Å². The third kappa shape index (κ3) is 1.99. The molecule has 1 heterocycles. The van der Waals surface area contributed by atoms with E-state index in [9.17, 15) is 4.79 Å².